The fraction of sp³-hybridized carbons (Fsp3) is 0.400. The number of rotatable bonds is 6. The molecule has 1 aromatic carbocycles. The van der Waals surface area contributed by atoms with Crippen molar-refractivity contribution < 1.29 is 9.59 Å². The van der Waals surface area contributed by atoms with Crippen LogP contribution in [0.4, 0.5) is 0 Å². The van der Waals surface area contributed by atoms with E-state index in [-0.39, 0.29) is 18.2 Å². The Morgan fingerprint density at radius 1 is 1.20 bits per heavy atom. The van der Waals surface area contributed by atoms with Gasteiger partial charge in [-0.05, 0) is 32.4 Å². The zero-order chi connectivity index (χ0) is 15.0. The first-order valence-electron chi connectivity index (χ1n) is 6.69. The van der Waals surface area contributed by atoms with E-state index in [1.165, 1.54) is 0 Å². The molecule has 5 heteroatoms. The zero-order valence-electron chi connectivity index (χ0n) is 12.2. The maximum Gasteiger partial charge on any atom is 0.271 e. The molecular formula is C15H21N3O2. The number of hydrogen-bond acceptors (Lipinski definition) is 3. The Bertz CT molecular complexity index is 492. The Hall–Kier alpha value is -2.17. The Kier molecular flexibility index (Phi) is 6.43. The topological polar surface area (TPSA) is 70.6 Å². The molecule has 0 aliphatic carbocycles. The van der Waals surface area contributed by atoms with Gasteiger partial charge in [-0.1, -0.05) is 24.6 Å². The first-order chi connectivity index (χ1) is 9.52. The maximum absolute atomic E-state index is 11.8. The quantitative estimate of drug-likeness (QED) is 0.616. The molecule has 0 saturated carbocycles. The van der Waals surface area contributed by atoms with Crippen LogP contribution >= 0.6 is 0 Å². The van der Waals surface area contributed by atoms with E-state index in [1.807, 2.05) is 26.0 Å². The van der Waals surface area contributed by atoms with E-state index in [0.717, 1.165) is 12.0 Å². The van der Waals surface area contributed by atoms with Gasteiger partial charge in [-0.15, -0.1) is 0 Å². The van der Waals surface area contributed by atoms with Gasteiger partial charge in [0.25, 0.3) is 5.91 Å². The van der Waals surface area contributed by atoms with Crippen LogP contribution in [0.5, 0.6) is 0 Å². The summed E-state index contributed by atoms with van der Waals surface area (Å²) in [5.74, 6) is -0.365. The van der Waals surface area contributed by atoms with Crippen LogP contribution in [0.2, 0.25) is 0 Å². The fourth-order valence-corrected chi connectivity index (χ4v) is 1.51. The van der Waals surface area contributed by atoms with E-state index < -0.39 is 0 Å². The van der Waals surface area contributed by atoms with Crippen molar-refractivity contribution in [1.29, 1.82) is 0 Å². The lowest BCUT2D eigenvalue weighted by Gasteiger charge is -2.04. The van der Waals surface area contributed by atoms with Crippen molar-refractivity contribution >= 4 is 17.5 Å². The van der Waals surface area contributed by atoms with Gasteiger partial charge < -0.3 is 5.32 Å². The van der Waals surface area contributed by atoms with Gasteiger partial charge >= 0.3 is 0 Å². The lowest BCUT2D eigenvalue weighted by molar-refractivity contribution is -0.119. The molecule has 0 aliphatic heterocycles. The van der Waals surface area contributed by atoms with Gasteiger partial charge in [0.1, 0.15) is 0 Å². The van der Waals surface area contributed by atoms with Crippen LogP contribution in [0.25, 0.3) is 0 Å². The van der Waals surface area contributed by atoms with Crippen molar-refractivity contribution in [2.45, 2.75) is 33.6 Å². The molecule has 20 heavy (non-hydrogen) atoms. The molecule has 108 valence electrons. The number of amides is 2. The van der Waals surface area contributed by atoms with E-state index in [0.29, 0.717) is 17.8 Å². The number of hydrazone groups is 1. The van der Waals surface area contributed by atoms with Gasteiger partial charge in [0.05, 0.1) is 6.42 Å². The average molecular weight is 275 g/mol. The minimum atomic E-state index is -0.279. The zero-order valence-corrected chi connectivity index (χ0v) is 12.2. The Balaban J connectivity index is 2.47. The summed E-state index contributed by atoms with van der Waals surface area (Å²) in [5, 5.41) is 6.68. The summed E-state index contributed by atoms with van der Waals surface area (Å²) in [6, 6.07) is 7.21. The third kappa shape index (κ3) is 5.65. The van der Waals surface area contributed by atoms with Gasteiger partial charge in [-0.25, -0.2) is 5.43 Å². The number of hydrogen-bond donors (Lipinski definition) is 2. The summed E-state index contributed by atoms with van der Waals surface area (Å²) in [6.07, 6.45) is 1.08. The third-order valence-corrected chi connectivity index (χ3v) is 2.65. The summed E-state index contributed by atoms with van der Waals surface area (Å²) in [6.45, 7) is 6.31. The second kappa shape index (κ2) is 8.09. The predicted octanol–water partition coefficient (Wildman–Crippen LogP) is 2.02. The minimum absolute atomic E-state index is 0.0855. The Morgan fingerprint density at radius 2 is 1.85 bits per heavy atom. The summed E-state index contributed by atoms with van der Waals surface area (Å²) >= 11 is 0. The van der Waals surface area contributed by atoms with Gasteiger partial charge in [-0.3, -0.25) is 9.59 Å². The van der Waals surface area contributed by atoms with Crippen LogP contribution in [0, 0.1) is 6.92 Å². The first kappa shape index (κ1) is 15.9. The minimum Gasteiger partial charge on any atom is -0.356 e. The molecule has 0 saturated heterocycles. The molecule has 1 rings (SSSR count). The molecule has 2 N–H and O–H groups in total. The Labute approximate surface area is 119 Å². The highest BCUT2D eigenvalue weighted by Crippen LogP contribution is 2.02. The largest absolute Gasteiger partial charge is 0.356 e. The predicted molar refractivity (Wildman–Crippen MR) is 79.7 cm³/mol. The number of carbonyl (C=O) groups excluding carboxylic acids is 2. The maximum atomic E-state index is 11.8. The van der Waals surface area contributed by atoms with Gasteiger partial charge in [-0.2, -0.15) is 5.10 Å². The highest BCUT2D eigenvalue weighted by Gasteiger charge is 2.05. The first-order valence-corrected chi connectivity index (χ1v) is 6.69. The highest BCUT2D eigenvalue weighted by atomic mass is 16.2. The molecule has 0 fully saturated rings. The standard InChI is InChI=1S/C15H21N3O2/c1-4-9-16-14(19)10-12(3)17-18-15(20)13-7-5-11(2)6-8-13/h5-8H,4,9-10H2,1-3H3,(H,16,19)(H,18,20)/b17-12+. The smallest absolute Gasteiger partial charge is 0.271 e. The molecule has 0 aliphatic rings. The van der Waals surface area contributed by atoms with Crippen molar-refractivity contribution in [3.63, 3.8) is 0 Å². The van der Waals surface area contributed by atoms with Gasteiger partial charge in [0.2, 0.25) is 5.91 Å². The SMILES string of the molecule is CCCNC(=O)C/C(C)=N/NC(=O)c1ccc(C)cc1. The van der Waals surface area contributed by atoms with Crippen molar-refractivity contribution in [1.82, 2.24) is 10.7 Å². The summed E-state index contributed by atoms with van der Waals surface area (Å²) in [5.41, 5.74) is 4.65. The van der Waals surface area contributed by atoms with E-state index in [9.17, 15) is 9.59 Å². The number of nitrogens with zero attached hydrogens (tertiary/aromatic N) is 1. The summed E-state index contributed by atoms with van der Waals surface area (Å²) in [7, 11) is 0. The van der Waals surface area contributed by atoms with E-state index >= 15 is 0 Å². The molecule has 0 atom stereocenters. The number of benzene rings is 1. The lowest BCUT2D eigenvalue weighted by atomic mass is 10.1. The molecule has 5 nitrogen and oxygen atoms in total. The molecule has 0 bridgehead atoms. The van der Waals surface area contributed by atoms with E-state index in [2.05, 4.69) is 15.8 Å². The highest BCUT2D eigenvalue weighted by molar-refractivity contribution is 6.01. The van der Waals surface area contributed by atoms with Crippen LogP contribution < -0.4 is 10.7 Å². The van der Waals surface area contributed by atoms with Crippen LogP contribution in [0.3, 0.4) is 0 Å². The molecule has 0 radical (unpaired) electrons. The van der Waals surface area contributed by atoms with Crippen molar-refractivity contribution in [3.8, 4) is 0 Å². The number of nitrogens with one attached hydrogen (secondary N) is 2. The molecule has 0 spiro atoms. The van der Waals surface area contributed by atoms with Crippen molar-refractivity contribution in [2.75, 3.05) is 6.54 Å². The average Bonchev–Trinajstić information content (AvgIpc) is 2.43. The van der Waals surface area contributed by atoms with Crippen molar-refractivity contribution in [2.24, 2.45) is 5.10 Å². The van der Waals surface area contributed by atoms with Crippen LogP contribution in [-0.4, -0.2) is 24.1 Å². The second-order valence-corrected chi connectivity index (χ2v) is 4.68. The normalized spacial score (nSPS) is 11.1. The summed E-state index contributed by atoms with van der Waals surface area (Å²) < 4.78 is 0. The van der Waals surface area contributed by atoms with Gasteiger partial charge in [0.15, 0.2) is 0 Å². The third-order valence-electron chi connectivity index (χ3n) is 2.65. The molecule has 0 unspecified atom stereocenters. The molecule has 0 aromatic heterocycles. The fourth-order valence-electron chi connectivity index (χ4n) is 1.51. The molecular weight excluding hydrogens is 254 g/mol. The molecule has 0 heterocycles. The van der Waals surface area contributed by atoms with Crippen LogP contribution in [-0.2, 0) is 4.79 Å². The van der Waals surface area contributed by atoms with E-state index in [1.54, 1.807) is 19.1 Å². The van der Waals surface area contributed by atoms with E-state index in [4.69, 9.17) is 0 Å². The lowest BCUT2D eigenvalue weighted by Crippen LogP contribution is -2.27. The van der Waals surface area contributed by atoms with Gasteiger partial charge in [0, 0.05) is 17.8 Å². The molecule has 1 aromatic rings. The number of aryl methyl sites for hydroxylation is 1. The molecule has 2 amide bonds. The monoisotopic (exact) mass is 275 g/mol. The number of carbonyl (C=O) groups is 2. The second-order valence-electron chi connectivity index (χ2n) is 4.68. The summed E-state index contributed by atoms with van der Waals surface area (Å²) in [4.78, 5) is 23.3. The van der Waals surface area contributed by atoms with Crippen LogP contribution in [0.1, 0.15) is 42.6 Å². The van der Waals surface area contributed by atoms with Crippen LogP contribution in [0.15, 0.2) is 29.4 Å². The van der Waals surface area contributed by atoms with Crippen molar-refractivity contribution in [3.05, 3.63) is 35.4 Å². The Morgan fingerprint density at radius 3 is 2.45 bits per heavy atom.